The van der Waals surface area contributed by atoms with Gasteiger partial charge in [0.05, 0.1) is 11.4 Å². The molecule has 130 valence electrons. The Morgan fingerprint density at radius 3 is 2.60 bits per heavy atom. The van der Waals surface area contributed by atoms with Crippen LogP contribution in [0.1, 0.15) is 43.9 Å². The molecule has 0 saturated heterocycles. The highest BCUT2D eigenvalue weighted by Crippen LogP contribution is 2.32. The van der Waals surface area contributed by atoms with Crippen molar-refractivity contribution in [2.75, 3.05) is 6.54 Å². The van der Waals surface area contributed by atoms with Crippen molar-refractivity contribution < 1.29 is 4.79 Å². The zero-order chi connectivity index (χ0) is 17.2. The van der Waals surface area contributed by atoms with E-state index in [9.17, 15) is 4.79 Å². The zero-order valence-corrected chi connectivity index (χ0v) is 14.8. The van der Waals surface area contributed by atoms with E-state index in [2.05, 4.69) is 29.0 Å². The first-order valence-corrected chi connectivity index (χ1v) is 9.39. The predicted octanol–water partition coefficient (Wildman–Crippen LogP) is 3.85. The van der Waals surface area contributed by atoms with Crippen LogP contribution in [-0.2, 0) is 17.8 Å². The molecule has 1 saturated carbocycles. The molecular weight excluding hydrogens is 310 g/mol. The number of aromatic nitrogens is 2. The van der Waals surface area contributed by atoms with E-state index in [0.717, 1.165) is 54.2 Å². The van der Waals surface area contributed by atoms with Gasteiger partial charge >= 0.3 is 0 Å². The molecule has 1 fully saturated rings. The number of hydrogen-bond donors (Lipinski definition) is 0. The molecule has 1 aromatic heterocycles. The molecule has 1 aliphatic carbocycles. The molecule has 4 rings (SSSR count). The SMILES string of the molecule is CC1CCC(C(=O)N2CCc3ncnc(-c4ccccc4)c3C2)CC1. The van der Waals surface area contributed by atoms with Gasteiger partial charge in [-0.05, 0) is 31.6 Å². The van der Waals surface area contributed by atoms with E-state index in [0.29, 0.717) is 12.5 Å². The minimum atomic E-state index is 0.211. The lowest BCUT2D eigenvalue weighted by atomic mass is 9.82. The summed E-state index contributed by atoms with van der Waals surface area (Å²) < 4.78 is 0. The van der Waals surface area contributed by atoms with Crippen molar-refractivity contribution in [3.05, 3.63) is 47.9 Å². The van der Waals surface area contributed by atoms with E-state index in [1.807, 2.05) is 23.1 Å². The lowest BCUT2D eigenvalue weighted by molar-refractivity contribution is -0.137. The molecule has 0 N–H and O–H groups in total. The van der Waals surface area contributed by atoms with Gasteiger partial charge in [-0.15, -0.1) is 0 Å². The average molecular weight is 335 g/mol. The summed E-state index contributed by atoms with van der Waals surface area (Å²) in [6, 6.07) is 10.2. The van der Waals surface area contributed by atoms with Gasteiger partial charge in [0.1, 0.15) is 6.33 Å². The van der Waals surface area contributed by atoms with Crippen molar-refractivity contribution in [1.29, 1.82) is 0 Å². The molecule has 2 heterocycles. The van der Waals surface area contributed by atoms with Crippen LogP contribution in [0.4, 0.5) is 0 Å². The van der Waals surface area contributed by atoms with E-state index < -0.39 is 0 Å². The maximum Gasteiger partial charge on any atom is 0.225 e. The van der Waals surface area contributed by atoms with Crippen LogP contribution in [0.3, 0.4) is 0 Å². The third kappa shape index (κ3) is 3.30. The second kappa shape index (κ2) is 6.95. The summed E-state index contributed by atoms with van der Waals surface area (Å²) in [4.78, 5) is 24.0. The Hall–Kier alpha value is -2.23. The largest absolute Gasteiger partial charge is 0.338 e. The monoisotopic (exact) mass is 335 g/mol. The number of nitrogens with zero attached hydrogens (tertiary/aromatic N) is 3. The summed E-state index contributed by atoms with van der Waals surface area (Å²) in [5, 5.41) is 0. The van der Waals surface area contributed by atoms with Crippen LogP contribution in [-0.4, -0.2) is 27.3 Å². The van der Waals surface area contributed by atoms with E-state index in [1.54, 1.807) is 6.33 Å². The predicted molar refractivity (Wildman–Crippen MR) is 97.7 cm³/mol. The first-order valence-electron chi connectivity index (χ1n) is 9.39. The van der Waals surface area contributed by atoms with Gasteiger partial charge in [-0.3, -0.25) is 4.79 Å². The number of carbonyl (C=O) groups is 1. The minimum absolute atomic E-state index is 0.211. The molecule has 2 aliphatic rings. The summed E-state index contributed by atoms with van der Waals surface area (Å²) in [5.74, 6) is 1.31. The quantitative estimate of drug-likeness (QED) is 0.837. The number of hydrogen-bond acceptors (Lipinski definition) is 3. The highest BCUT2D eigenvalue weighted by atomic mass is 16.2. The fourth-order valence-electron chi connectivity index (χ4n) is 4.14. The van der Waals surface area contributed by atoms with Gasteiger partial charge in [0, 0.05) is 36.6 Å². The molecule has 1 amide bonds. The Morgan fingerprint density at radius 1 is 1.08 bits per heavy atom. The van der Waals surface area contributed by atoms with E-state index >= 15 is 0 Å². The molecule has 2 aromatic rings. The van der Waals surface area contributed by atoms with Crippen molar-refractivity contribution in [1.82, 2.24) is 14.9 Å². The van der Waals surface area contributed by atoms with Gasteiger partial charge < -0.3 is 4.90 Å². The number of amides is 1. The molecule has 0 bridgehead atoms. The summed E-state index contributed by atoms with van der Waals surface area (Å²) in [6.45, 7) is 3.72. The zero-order valence-electron chi connectivity index (χ0n) is 14.8. The van der Waals surface area contributed by atoms with E-state index in [1.165, 1.54) is 12.8 Å². The molecule has 25 heavy (non-hydrogen) atoms. The van der Waals surface area contributed by atoms with Gasteiger partial charge in [-0.2, -0.15) is 0 Å². The van der Waals surface area contributed by atoms with E-state index in [-0.39, 0.29) is 5.92 Å². The molecule has 1 aromatic carbocycles. The molecule has 1 aliphatic heterocycles. The molecule has 0 spiro atoms. The Labute approximate surface area is 149 Å². The Bertz CT molecular complexity index is 751. The third-order valence-electron chi connectivity index (χ3n) is 5.73. The second-order valence-corrected chi connectivity index (χ2v) is 7.48. The van der Waals surface area contributed by atoms with Gasteiger partial charge in [0.2, 0.25) is 5.91 Å². The third-order valence-corrected chi connectivity index (χ3v) is 5.73. The lowest BCUT2D eigenvalue weighted by Gasteiger charge is -2.34. The van der Waals surface area contributed by atoms with Gasteiger partial charge in [-0.25, -0.2) is 9.97 Å². The van der Waals surface area contributed by atoms with Crippen LogP contribution in [0.2, 0.25) is 0 Å². The summed E-state index contributed by atoms with van der Waals surface area (Å²) in [7, 11) is 0. The number of rotatable bonds is 2. The highest BCUT2D eigenvalue weighted by Gasteiger charge is 2.31. The smallest absolute Gasteiger partial charge is 0.225 e. The average Bonchev–Trinajstić information content (AvgIpc) is 2.68. The second-order valence-electron chi connectivity index (χ2n) is 7.48. The van der Waals surface area contributed by atoms with Crippen LogP contribution in [0.25, 0.3) is 11.3 Å². The Balaban J connectivity index is 1.57. The summed E-state index contributed by atoms with van der Waals surface area (Å²) >= 11 is 0. The van der Waals surface area contributed by atoms with Gasteiger partial charge in [0.15, 0.2) is 0 Å². The first kappa shape index (κ1) is 16.2. The van der Waals surface area contributed by atoms with Crippen molar-refractivity contribution in [2.45, 2.75) is 45.6 Å². The lowest BCUT2D eigenvalue weighted by Crippen LogP contribution is -2.41. The fraction of sp³-hybridized carbons (Fsp3) is 0.476. The van der Waals surface area contributed by atoms with Crippen LogP contribution in [0, 0.1) is 11.8 Å². The van der Waals surface area contributed by atoms with E-state index in [4.69, 9.17) is 0 Å². The molecule has 4 heteroatoms. The van der Waals surface area contributed by atoms with Crippen molar-refractivity contribution >= 4 is 5.91 Å². The standard InChI is InChI=1S/C21H25N3O/c1-15-7-9-17(10-8-15)21(25)24-12-11-19-18(13-24)20(23-14-22-19)16-5-3-2-4-6-16/h2-6,14-15,17H,7-13H2,1H3. The first-order chi connectivity index (χ1) is 12.2. The normalized spacial score (nSPS) is 23.2. The summed E-state index contributed by atoms with van der Waals surface area (Å²) in [5.41, 5.74) is 4.29. The Kier molecular flexibility index (Phi) is 4.51. The van der Waals surface area contributed by atoms with Crippen LogP contribution in [0.15, 0.2) is 36.7 Å². The highest BCUT2D eigenvalue weighted by molar-refractivity contribution is 5.79. The van der Waals surface area contributed by atoms with Gasteiger partial charge in [-0.1, -0.05) is 37.3 Å². The van der Waals surface area contributed by atoms with Crippen molar-refractivity contribution in [3.63, 3.8) is 0 Å². The number of fused-ring (bicyclic) bond motifs is 1. The maximum absolute atomic E-state index is 13.0. The van der Waals surface area contributed by atoms with Gasteiger partial charge in [0.25, 0.3) is 0 Å². The van der Waals surface area contributed by atoms with Crippen LogP contribution < -0.4 is 0 Å². The van der Waals surface area contributed by atoms with Crippen LogP contribution >= 0.6 is 0 Å². The maximum atomic E-state index is 13.0. The summed E-state index contributed by atoms with van der Waals surface area (Å²) in [6.07, 6.45) is 6.92. The molecule has 0 atom stereocenters. The Morgan fingerprint density at radius 2 is 1.84 bits per heavy atom. The number of benzene rings is 1. The topological polar surface area (TPSA) is 46.1 Å². The minimum Gasteiger partial charge on any atom is -0.338 e. The van der Waals surface area contributed by atoms with Crippen molar-refractivity contribution in [2.24, 2.45) is 11.8 Å². The molecule has 0 unspecified atom stereocenters. The molecule has 0 radical (unpaired) electrons. The van der Waals surface area contributed by atoms with Crippen molar-refractivity contribution in [3.8, 4) is 11.3 Å². The number of carbonyl (C=O) groups excluding carboxylic acids is 1. The molecule has 4 nitrogen and oxygen atoms in total. The fourth-order valence-corrected chi connectivity index (χ4v) is 4.14. The van der Waals surface area contributed by atoms with Crippen LogP contribution in [0.5, 0.6) is 0 Å². The molecular formula is C21H25N3O.